The Morgan fingerprint density at radius 2 is 1.82 bits per heavy atom. The third kappa shape index (κ3) is 4.20. The molecule has 148 valence electrons. The van der Waals surface area contributed by atoms with Crippen molar-refractivity contribution < 1.29 is 18.7 Å². The fourth-order valence-electron chi connectivity index (χ4n) is 3.72. The molecule has 0 aliphatic carbocycles. The number of nitrogens with zero attached hydrogens (tertiary/aromatic N) is 1. The maximum atomic E-state index is 14.3. The second-order valence-corrected chi connectivity index (χ2v) is 6.97. The van der Waals surface area contributed by atoms with Gasteiger partial charge in [-0.2, -0.15) is 0 Å². The number of ether oxygens (including phenoxy) is 2. The van der Waals surface area contributed by atoms with Crippen LogP contribution in [-0.4, -0.2) is 43.8 Å². The molecule has 2 heterocycles. The number of fused-ring (bicyclic) bond motifs is 1. The molecule has 0 bridgehead atoms. The molecule has 1 saturated heterocycles. The Morgan fingerprint density at radius 3 is 2.61 bits per heavy atom. The number of hydrogen-bond acceptors (Lipinski definition) is 4. The van der Waals surface area contributed by atoms with E-state index in [-0.39, 0.29) is 17.9 Å². The summed E-state index contributed by atoms with van der Waals surface area (Å²) in [5.41, 5.74) is 1.23. The first-order valence-electron chi connectivity index (χ1n) is 9.64. The predicted molar refractivity (Wildman–Crippen MR) is 104 cm³/mol. The monoisotopic (exact) mass is 385 g/mol. The Kier molecular flexibility index (Phi) is 5.62. The molecule has 1 fully saturated rings. The number of rotatable bonds is 5. The van der Waals surface area contributed by atoms with Crippen molar-refractivity contribution in [1.82, 2.24) is 10.2 Å². The topological polar surface area (TPSA) is 62.8 Å². The van der Waals surface area contributed by atoms with Gasteiger partial charge in [0, 0.05) is 23.9 Å². The molecule has 28 heavy (non-hydrogen) atoms. The predicted octanol–water partition coefficient (Wildman–Crippen LogP) is 3.56. The van der Waals surface area contributed by atoms with Gasteiger partial charge in [0.05, 0.1) is 6.04 Å². The minimum absolute atomic E-state index is 0.185. The van der Waals surface area contributed by atoms with Gasteiger partial charge in [-0.05, 0) is 44.1 Å². The number of hydrogen-bond donors (Lipinski definition) is 2. The molecule has 7 heteroatoms. The highest BCUT2D eigenvalue weighted by molar-refractivity contribution is 5.89. The number of anilines is 1. The van der Waals surface area contributed by atoms with Crippen molar-refractivity contribution in [3.63, 3.8) is 0 Å². The van der Waals surface area contributed by atoms with Gasteiger partial charge in [0.2, 0.25) is 0 Å². The Morgan fingerprint density at radius 1 is 1.07 bits per heavy atom. The molecule has 2 amide bonds. The Hall–Kier alpha value is -2.80. The minimum Gasteiger partial charge on any atom is -0.486 e. The molecular formula is C21H24FN3O3. The molecule has 0 radical (unpaired) electrons. The van der Waals surface area contributed by atoms with Crippen LogP contribution in [0, 0.1) is 5.82 Å². The van der Waals surface area contributed by atoms with Crippen LogP contribution in [0.4, 0.5) is 14.9 Å². The molecule has 0 aromatic heterocycles. The smallest absolute Gasteiger partial charge is 0.319 e. The van der Waals surface area contributed by atoms with Crippen molar-refractivity contribution >= 4 is 11.7 Å². The van der Waals surface area contributed by atoms with Crippen molar-refractivity contribution in [2.45, 2.75) is 18.9 Å². The Balaban J connectivity index is 1.41. The molecule has 2 aromatic rings. The molecule has 2 N–H and O–H groups in total. The summed E-state index contributed by atoms with van der Waals surface area (Å²) in [4.78, 5) is 14.6. The maximum Gasteiger partial charge on any atom is 0.319 e. The zero-order valence-electron chi connectivity index (χ0n) is 15.6. The van der Waals surface area contributed by atoms with E-state index < -0.39 is 0 Å². The van der Waals surface area contributed by atoms with Gasteiger partial charge < -0.3 is 20.1 Å². The summed E-state index contributed by atoms with van der Waals surface area (Å²) in [7, 11) is 0. The number of carbonyl (C=O) groups is 1. The number of urea groups is 1. The number of halogens is 1. The molecular weight excluding hydrogens is 361 g/mol. The van der Waals surface area contributed by atoms with Crippen molar-refractivity contribution in [1.29, 1.82) is 0 Å². The van der Waals surface area contributed by atoms with E-state index in [4.69, 9.17) is 9.47 Å². The number of benzene rings is 2. The summed E-state index contributed by atoms with van der Waals surface area (Å²) in [5.74, 6) is 1.05. The highest BCUT2D eigenvalue weighted by Crippen LogP contribution is 2.32. The molecule has 1 unspecified atom stereocenters. The quantitative estimate of drug-likeness (QED) is 0.826. The van der Waals surface area contributed by atoms with Gasteiger partial charge in [0.25, 0.3) is 0 Å². The van der Waals surface area contributed by atoms with Crippen molar-refractivity contribution in [2.24, 2.45) is 0 Å². The molecule has 2 aliphatic heterocycles. The third-order valence-corrected chi connectivity index (χ3v) is 5.10. The van der Waals surface area contributed by atoms with Crippen LogP contribution in [0.3, 0.4) is 0 Å². The number of nitrogens with one attached hydrogen (secondary N) is 2. The summed E-state index contributed by atoms with van der Waals surface area (Å²) in [6.45, 7) is 3.16. The third-order valence-electron chi connectivity index (χ3n) is 5.10. The average molecular weight is 385 g/mol. The van der Waals surface area contributed by atoms with Gasteiger partial charge in [0.1, 0.15) is 19.0 Å². The van der Waals surface area contributed by atoms with E-state index in [1.165, 1.54) is 6.07 Å². The van der Waals surface area contributed by atoms with Crippen LogP contribution < -0.4 is 20.1 Å². The van der Waals surface area contributed by atoms with Crippen LogP contribution in [0.25, 0.3) is 0 Å². The van der Waals surface area contributed by atoms with Crippen LogP contribution in [0.2, 0.25) is 0 Å². The second kappa shape index (κ2) is 8.48. The van der Waals surface area contributed by atoms with E-state index in [2.05, 4.69) is 15.5 Å². The summed E-state index contributed by atoms with van der Waals surface area (Å²) < 4.78 is 25.4. The van der Waals surface area contributed by atoms with Gasteiger partial charge in [0.15, 0.2) is 11.5 Å². The number of amides is 2. The van der Waals surface area contributed by atoms with Gasteiger partial charge in [-0.3, -0.25) is 4.90 Å². The molecule has 1 atom stereocenters. The summed E-state index contributed by atoms with van der Waals surface area (Å²) in [6, 6.07) is 11.5. The molecule has 6 nitrogen and oxygen atoms in total. The largest absolute Gasteiger partial charge is 0.486 e. The lowest BCUT2D eigenvalue weighted by Crippen LogP contribution is -2.39. The lowest BCUT2D eigenvalue weighted by atomic mass is 10.0. The van der Waals surface area contributed by atoms with Crippen molar-refractivity contribution in [3.05, 3.63) is 53.8 Å². The van der Waals surface area contributed by atoms with E-state index in [1.807, 2.05) is 6.07 Å². The van der Waals surface area contributed by atoms with Crippen LogP contribution in [0.1, 0.15) is 24.4 Å². The summed E-state index contributed by atoms with van der Waals surface area (Å²) in [6.07, 6.45) is 2.18. The molecule has 2 aromatic carbocycles. The number of likely N-dealkylation sites (tertiary alicyclic amines) is 1. The first-order chi connectivity index (χ1) is 13.7. The van der Waals surface area contributed by atoms with E-state index in [1.54, 1.807) is 30.3 Å². The highest BCUT2D eigenvalue weighted by Gasteiger charge is 2.26. The van der Waals surface area contributed by atoms with Gasteiger partial charge in [-0.25, -0.2) is 9.18 Å². The summed E-state index contributed by atoms with van der Waals surface area (Å²) >= 11 is 0. The number of carbonyl (C=O) groups excluding carboxylic acids is 1. The fourth-order valence-corrected chi connectivity index (χ4v) is 3.72. The lowest BCUT2D eigenvalue weighted by Gasteiger charge is -2.28. The van der Waals surface area contributed by atoms with Gasteiger partial charge >= 0.3 is 6.03 Å². The van der Waals surface area contributed by atoms with Gasteiger partial charge in [-0.15, -0.1) is 0 Å². The highest BCUT2D eigenvalue weighted by atomic mass is 19.1. The normalized spacial score (nSPS) is 17.2. The van der Waals surface area contributed by atoms with E-state index in [9.17, 15) is 9.18 Å². The molecule has 0 spiro atoms. The van der Waals surface area contributed by atoms with Crippen molar-refractivity contribution in [3.8, 4) is 11.5 Å². The SMILES string of the molecule is O=C(NCC(c1ccccc1F)N1CCCC1)Nc1ccc2c(c1)OCCO2. The summed E-state index contributed by atoms with van der Waals surface area (Å²) in [5, 5.41) is 5.69. The van der Waals surface area contributed by atoms with Crippen LogP contribution in [-0.2, 0) is 0 Å². The fraction of sp³-hybridized carbons (Fsp3) is 0.381. The zero-order valence-corrected chi connectivity index (χ0v) is 15.6. The van der Waals surface area contributed by atoms with Crippen molar-refractivity contribution in [2.75, 3.05) is 38.2 Å². The van der Waals surface area contributed by atoms with E-state index in [0.29, 0.717) is 42.5 Å². The average Bonchev–Trinajstić information content (AvgIpc) is 3.24. The first kappa shape index (κ1) is 18.6. The minimum atomic E-state index is -0.336. The Labute approximate surface area is 163 Å². The Bertz CT molecular complexity index is 839. The van der Waals surface area contributed by atoms with Crippen LogP contribution in [0.15, 0.2) is 42.5 Å². The second-order valence-electron chi connectivity index (χ2n) is 6.97. The van der Waals surface area contributed by atoms with Gasteiger partial charge in [-0.1, -0.05) is 18.2 Å². The van der Waals surface area contributed by atoms with Crippen LogP contribution >= 0.6 is 0 Å². The molecule has 0 saturated carbocycles. The molecule has 4 rings (SSSR count). The maximum absolute atomic E-state index is 14.3. The van der Waals surface area contributed by atoms with Crippen LogP contribution in [0.5, 0.6) is 11.5 Å². The standard InChI is InChI=1S/C21H24FN3O3/c22-17-6-2-1-5-16(17)18(25-9-3-4-10-25)14-23-21(26)24-15-7-8-19-20(13-15)28-12-11-27-19/h1-2,5-8,13,18H,3-4,9-12,14H2,(H2,23,24,26). The molecule has 2 aliphatic rings. The van der Waals surface area contributed by atoms with E-state index >= 15 is 0 Å². The lowest BCUT2D eigenvalue weighted by molar-refractivity contribution is 0.171. The zero-order chi connectivity index (χ0) is 19.3. The van der Waals surface area contributed by atoms with E-state index in [0.717, 1.165) is 25.9 Å². The first-order valence-corrected chi connectivity index (χ1v) is 9.64.